The zero-order valence-electron chi connectivity index (χ0n) is 18.6. The summed E-state index contributed by atoms with van der Waals surface area (Å²) in [5, 5.41) is 6.86. The Morgan fingerprint density at radius 3 is 2.47 bits per heavy atom. The lowest BCUT2D eigenvalue weighted by Gasteiger charge is -2.27. The molecule has 0 saturated heterocycles. The summed E-state index contributed by atoms with van der Waals surface area (Å²) in [5.74, 6) is -0.925. The van der Waals surface area contributed by atoms with Crippen molar-refractivity contribution in [2.24, 2.45) is 11.8 Å². The minimum atomic E-state index is -0.748. The number of halogens is 1. The van der Waals surface area contributed by atoms with Crippen LogP contribution in [0, 0.1) is 17.7 Å². The molecule has 7 nitrogen and oxygen atoms in total. The van der Waals surface area contributed by atoms with E-state index in [0.717, 1.165) is 36.4 Å². The summed E-state index contributed by atoms with van der Waals surface area (Å²) >= 11 is 0. The van der Waals surface area contributed by atoms with E-state index in [-0.39, 0.29) is 29.8 Å². The van der Waals surface area contributed by atoms with Crippen molar-refractivity contribution in [1.29, 1.82) is 0 Å². The van der Waals surface area contributed by atoms with Crippen LogP contribution in [0.25, 0.3) is 5.69 Å². The van der Waals surface area contributed by atoms with E-state index in [1.807, 2.05) is 0 Å². The Bertz CT molecular complexity index is 995. The Kier molecular flexibility index (Phi) is 8.14. The molecule has 8 heteroatoms. The highest BCUT2D eigenvalue weighted by Gasteiger charge is 2.28. The van der Waals surface area contributed by atoms with Crippen LogP contribution < -0.4 is 10.9 Å². The van der Waals surface area contributed by atoms with Gasteiger partial charge < -0.3 is 10.1 Å². The quantitative estimate of drug-likeness (QED) is 0.608. The van der Waals surface area contributed by atoms with Crippen molar-refractivity contribution in [3.05, 3.63) is 52.2 Å². The number of anilines is 1. The fourth-order valence-electron chi connectivity index (χ4n) is 4.11. The maximum Gasteiger partial charge on any atom is 0.360 e. The van der Waals surface area contributed by atoms with Gasteiger partial charge >= 0.3 is 5.97 Å². The first-order valence-electron chi connectivity index (χ1n) is 11.3. The van der Waals surface area contributed by atoms with Crippen LogP contribution in [0.2, 0.25) is 0 Å². The molecule has 0 spiro atoms. The van der Waals surface area contributed by atoms with Crippen molar-refractivity contribution in [3.8, 4) is 5.69 Å². The largest absolute Gasteiger partial charge is 0.461 e. The normalized spacial score (nSPS) is 18.2. The van der Waals surface area contributed by atoms with Gasteiger partial charge in [-0.05, 0) is 62.8 Å². The molecule has 3 rings (SSSR count). The average Bonchev–Trinajstić information content (AvgIpc) is 2.79. The fourth-order valence-corrected chi connectivity index (χ4v) is 4.11. The molecular weight excluding hydrogens is 413 g/mol. The van der Waals surface area contributed by atoms with Crippen LogP contribution in [0.4, 0.5) is 10.1 Å². The molecule has 1 aromatic heterocycles. The highest BCUT2D eigenvalue weighted by molar-refractivity contribution is 6.00. The maximum absolute atomic E-state index is 13.3. The molecule has 1 aliphatic rings. The van der Waals surface area contributed by atoms with Crippen molar-refractivity contribution in [1.82, 2.24) is 9.78 Å². The Morgan fingerprint density at radius 1 is 1.16 bits per heavy atom. The number of hydrogen-bond acceptors (Lipinski definition) is 5. The van der Waals surface area contributed by atoms with Gasteiger partial charge in [-0.15, -0.1) is 0 Å². The van der Waals surface area contributed by atoms with Crippen molar-refractivity contribution in [3.63, 3.8) is 0 Å². The first kappa shape index (κ1) is 23.6. The lowest BCUT2D eigenvalue weighted by Crippen LogP contribution is -2.31. The van der Waals surface area contributed by atoms with Gasteiger partial charge in [0.15, 0.2) is 5.69 Å². The summed E-state index contributed by atoms with van der Waals surface area (Å²) in [6, 6.07) is 6.31. The minimum Gasteiger partial charge on any atom is -0.461 e. The van der Waals surface area contributed by atoms with Gasteiger partial charge in [-0.1, -0.05) is 26.2 Å². The summed E-state index contributed by atoms with van der Waals surface area (Å²) in [7, 11) is 0. The molecule has 0 radical (unpaired) electrons. The van der Waals surface area contributed by atoms with Crippen molar-refractivity contribution in [2.45, 2.75) is 58.8 Å². The minimum absolute atomic E-state index is 0.0323. The lowest BCUT2D eigenvalue weighted by molar-refractivity contribution is -0.121. The molecule has 2 aromatic rings. The molecule has 0 unspecified atom stereocenters. The van der Waals surface area contributed by atoms with E-state index in [4.69, 9.17) is 4.74 Å². The molecule has 1 aromatic carbocycles. The Hall–Kier alpha value is -3.03. The third-order valence-corrected chi connectivity index (χ3v) is 5.91. The number of carbonyl (C=O) groups is 2. The number of carbonyl (C=O) groups excluding carboxylic acids is 2. The van der Waals surface area contributed by atoms with Gasteiger partial charge in [-0.3, -0.25) is 9.59 Å². The summed E-state index contributed by atoms with van der Waals surface area (Å²) in [6.45, 7) is 3.95. The Balaban J connectivity index is 1.81. The van der Waals surface area contributed by atoms with E-state index in [9.17, 15) is 18.8 Å². The van der Waals surface area contributed by atoms with Crippen LogP contribution >= 0.6 is 0 Å². The Labute approximate surface area is 187 Å². The first-order valence-corrected chi connectivity index (χ1v) is 11.3. The molecule has 172 valence electrons. The lowest BCUT2D eigenvalue weighted by atomic mass is 9.79. The van der Waals surface area contributed by atoms with E-state index in [1.54, 1.807) is 6.92 Å². The smallest absolute Gasteiger partial charge is 0.360 e. The number of hydrogen-bond donors (Lipinski definition) is 1. The van der Waals surface area contributed by atoms with E-state index in [2.05, 4.69) is 17.3 Å². The van der Waals surface area contributed by atoms with Crippen molar-refractivity contribution in [2.75, 3.05) is 11.9 Å². The van der Waals surface area contributed by atoms with Gasteiger partial charge in [0.05, 0.1) is 18.0 Å². The van der Waals surface area contributed by atoms with Crippen LogP contribution in [0.1, 0.15) is 69.3 Å². The second-order valence-corrected chi connectivity index (χ2v) is 8.20. The molecule has 0 atom stereocenters. The predicted octanol–water partition coefficient (Wildman–Crippen LogP) is 4.48. The molecule has 1 amide bonds. The van der Waals surface area contributed by atoms with Gasteiger partial charge in [0.25, 0.3) is 5.56 Å². The van der Waals surface area contributed by atoms with E-state index < -0.39 is 17.3 Å². The van der Waals surface area contributed by atoms with E-state index >= 15 is 0 Å². The van der Waals surface area contributed by atoms with Gasteiger partial charge in [0.2, 0.25) is 5.91 Å². The fraction of sp³-hybridized carbons (Fsp3) is 0.500. The average molecular weight is 444 g/mol. The zero-order chi connectivity index (χ0) is 23.1. The van der Waals surface area contributed by atoms with Crippen molar-refractivity contribution < 1.29 is 18.7 Å². The van der Waals surface area contributed by atoms with Crippen LogP contribution in [0.15, 0.2) is 35.1 Å². The predicted molar refractivity (Wildman–Crippen MR) is 119 cm³/mol. The molecule has 0 aliphatic heterocycles. The number of nitrogens with one attached hydrogen (secondary N) is 1. The Morgan fingerprint density at radius 2 is 1.84 bits per heavy atom. The van der Waals surface area contributed by atoms with E-state index in [1.165, 1.54) is 43.5 Å². The van der Waals surface area contributed by atoms with Gasteiger partial charge in [-0.25, -0.2) is 9.18 Å². The molecule has 32 heavy (non-hydrogen) atoms. The number of aromatic nitrogens is 2. The highest BCUT2D eigenvalue weighted by Crippen LogP contribution is 2.32. The van der Waals surface area contributed by atoms with Gasteiger partial charge in [-0.2, -0.15) is 9.78 Å². The molecule has 1 heterocycles. The third kappa shape index (κ3) is 5.81. The van der Waals surface area contributed by atoms with Gasteiger partial charge in [0.1, 0.15) is 5.82 Å². The molecular formula is C24H30FN3O4. The topological polar surface area (TPSA) is 90.3 Å². The summed E-state index contributed by atoms with van der Waals surface area (Å²) < 4.78 is 19.3. The molecule has 1 aliphatic carbocycles. The zero-order valence-corrected chi connectivity index (χ0v) is 18.6. The molecule has 1 fully saturated rings. The standard InChI is InChI=1S/C24H30FN3O4/c1-3-5-6-16-7-9-17(10-8-16)23(30)26-20-15-21(29)28(19-13-11-18(25)12-14-19)27-22(20)24(31)32-4-2/h11-17H,3-10H2,1-2H3,(H,26,30). The second kappa shape index (κ2) is 11.0. The number of esters is 1. The second-order valence-electron chi connectivity index (χ2n) is 8.20. The monoisotopic (exact) mass is 443 g/mol. The third-order valence-electron chi connectivity index (χ3n) is 5.91. The maximum atomic E-state index is 13.3. The van der Waals surface area contributed by atoms with Crippen LogP contribution in [-0.2, 0) is 9.53 Å². The van der Waals surface area contributed by atoms with Crippen LogP contribution in [0.3, 0.4) is 0 Å². The SMILES string of the molecule is CCCCC1CCC(C(=O)Nc2cc(=O)n(-c3ccc(F)cc3)nc2C(=O)OCC)CC1. The summed E-state index contributed by atoms with van der Waals surface area (Å²) in [5.41, 5.74) is -0.390. The van der Waals surface area contributed by atoms with Crippen molar-refractivity contribution >= 4 is 17.6 Å². The number of benzene rings is 1. The number of nitrogens with zero attached hydrogens (tertiary/aromatic N) is 2. The van der Waals surface area contributed by atoms with Crippen LogP contribution in [0.5, 0.6) is 0 Å². The number of amides is 1. The molecule has 0 bridgehead atoms. The highest BCUT2D eigenvalue weighted by atomic mass is 19.1. The number of rotatable bonds is 8. The molecule has 1 saturated carbocycles. The number of ether oxygens (including phenoxy) is 1. The summed E-state index contributed by atoms with van der Waals surface area (Å²) in [4.78, 5) is 38.0. The first-order chi connectivity index (χ1) is 15.4. The summed E-state index contributed by atoms with van der Waals surface area (Å²) in [6.07, 6.45) is 7.17. The molecule has 1 N–H and O–H groups in total. The van der Waals surface area contributed by atoms with E-state index in [0.29, 0.717) is 11.6 Å². The number of unbranched alkanes of at least 4 members (excludes halogenated alkanes) is 1. The van der Waals surface area contributed by atoms with Crippen LogP contribution in [-0.4, -0.2) is 28.3 Å². The van der Waals surface area contributed by atoms with Gasteiger partial charge in [0, 0.05) is 12.0 Å².